The van der Waals surface area contributed by atoms with Crippen LogP contribution in [-0.2, 0) is 14.4 Å². The van der Waals surface area contributed by atoms with Gasteiger partial charge < -0.3 is 9.94 Å². The van der Waals surface area contributed by atoms with Crippen molar-refractivity contribution in [3.63, 3.8) is 0 Å². The quantitative estimate of drug-likeness (QED) is 0.354. The maximum atomic E-state index is 10.9. The van der Waals surface area contributed by atoms with Crippen LogP contribution in [0.25, 0.3) is 0 Å². The zero-order valence-corrected chi connectivity index (χ0v) is 9.74. The molecule has 0 amide bonds. The van der Waals surface area contributed by atoms with Gasteiger partial charge in [-0.3, -0.25) is 4.79 Å². The van der Waals surface area contributed by atoms with Crippen molar-refractivity contribution < 1.29 is 19.5 Å². The first kappa shape index (κ1) is 13.0. The van der Waals surface area contributed by atoms with Crippen molar-refractivity contribution >= 4 is 29.1 Å². The Hall–Kier alpha value is -1.10. The molecule has 0 spiro atoms. The van der Waals surface area contributed by atoms with Gasteiger partial charge in [-0.1, -0.05) is 5.16 Å². The molecule has 1 aliphatic rings. The molecule has 0 unspecified atom stereocenters. The SMILES string of the molecule is CC(=O)/C(=N/O[C@H]1CC[C@H](Cl)CC1)C(=O)O. The Morgan fingerprint density at radius 1 is 1.31 bits per heavy atom. The van der Waals surface area contributed by atoms with Gasteiger partial charge in [0, 0.05) is 12.3 Å². The molecule has 0 atom stereocenters. The van der Waals surface area contributed by atoms with Gasteiger partial charge in [0.2, 0.25) is 5.71 Å². The maximum Gasteiger partial charge on any atom is 0.361 e. The van der Waals surface area contributed by atoms with Gasteiger partial charge in [0.25, 0.3) is 0 Å². The van der Waals surface area contributed by atoms with Crippen LogP contribution in [0, 0.1) is 0 Å². The Bertz CT molecular complexity index is 292. The minimum absolute atomic E-state index is 0.135. The number of Topliss-reactive ketones (excluding diaryl/α,β-unsaturated/α-hetero) is 1. The lowest BCUT2D eigenvalue weighted by atomic mass is 9.97. The summed E-state index contributed by atoms with van der Waals surface area (Å²) in [6.45, 7) is 1.14. The zero-order valence-electron chi connectivity index (χ0n) is 8.98. The molecule has 0 heterocycles. The van der Waals surface area contributed by atoms with E-state index in [4.69, 9.17) is 21.5 Å². The van der Waals surface area contributed by atoms with Crippen LogP contribution in [0.15, 0.2) is 5.16 Å². The molecular weight excluding hydrogens is 234 g/mol. The molecule has 1 rings (SSSR count). The second-order valence-corrected chi connectivity index (χ2v) is 4.40. The molecule has 0 aromatic rings. The summed E-state index contributed by atoms with van der Waals surface area (Å²) in [4.78, 5) is 26.6. The van der Waals surface area contributed by atoms with E-state index in [0.29, 0.717) is 0 Å². The predicted octanol–water partition coefficient (Wildman–Crippen LogP) is 1.58. The normalized spacial score (nSPS) is 26.2. The number of halogens is 1. The van der Waals surface area contributed by atoms with Crippen LogP contribution >= 0.6 is 11.6 Å². The summed E-state index contributed by atoms with van der Waals surface area (Å²) in [6.07, 6.45) is 2.99. The first-order chi connectivity index (χ1) is 7.50. The second-order valence-electron chi connectivity index (χ2n) is 3.78. The van der Waals surface area contributed by atoms with E-state index in [1.54, 1.807) is 0 Å². The number of oxime groups is 1. The minimum atomic E-state index is -1.36. The van der Waals surface area contributed by atoms with Crippen molar-refractivity contribution in [1.82, 2.24) is 0 Å². The van der Waals surface area contributed by atoms with Crippen LogP contribution in [0.3, 0.4) is 0 Å². The number of nitrogens with zero attached hydrogens (tertiary/aromatic N) is 1. The molecule has 1 saturated carbocycles. The van der Waals surface area contributed by atoms with Gasteiger partial charge in [0.05, 0.1) is 0 Å². The van der Waals surface area contributed by atoms with Gasteiger partial charge >= 0.3 is 5.97 Å². The molecule has 1 fully saturated rings. The van der Waals surface area contributed by atoms with Crippen LogP contribution in [0.5, 0.6) is 0 Å². The Balaban J connectivity index is 2.50. The van der Waals surface area contributed by atoms with Crippen LogP contribution < -0.4 is 0 Å². The molecular formula is C10H14ClNO4. The van der Waals surface area contributed by atoms with Crippen LogP contribution in [0.2, 0.25) is 0 Å². The lowest BCUT2D eigenvalue weighted by Crippen LogP contribution is -2.25. The third kappa shape index (κ3) is 3.81. The monoisotopic (exact) mass is 247 g/mol. The number of hydrogen-bond acceptors (Lipinski definition) is 4. The van der Waals surface area contributed by atoms with E-state index in [0.717, 1.165) is 32.6 Å². The number of carbonyl (C=O) groups excluding carboxylic acids is 1. The third-order valence-corrected chi connectivity index (χ3v) is 2.87. The summed E-state index contributed by atoms with van der Waals surface area (Å²) >= 11 is 5.91. The number of carboxylic acids is 1. The average Bonchev–Trinajstić information content (AvgIpc) is 2.20. The molecule has 1 N–H and O–H groups in total. The summed E-state index contributed by atoms with van der Waals surface area (Å²) in [5, 5.41) is 12.2. The lowest BCUT2D eigenvalue weighted by molar-refractivity contribution is -0.130. The number of rotatable bonds is 4. The summed E-state index contributed by atoms with van der Waals surface area (Å²) < 4.78 is 0. The van der Waals surface area contributed by atoms with Crippen molar-refractivity contribution in [3.05, 3.63) is 0 Å². The second kappa shape index (κ2) is 5.84. The first-order valence-corrected chi connectivity index (χ1v) is 5.56. The van der Waals surface area contributed by atoms with Gasteiger partial charge in [0.15, 0.2) is 5.78 Å². The highest BCUT2D eigenvalue weighted by Crippen LogP contribution is 2.24. The van der Waals surface area contributed by atoms with E-state index in [2.05, 4.69) is 5.16 Å². The molecule has 0 aliphatic heterocycles. The highest BCUT2D eigenvalue weighted by Gasteiger charge is 2.22. The van der Waals surface area contributed by atoms with Crippen LogP contribution in [-0.4, -0.2) is 34.1 Å². The van der Waals surface area contributed by atoms with Crippen molar-refractivity contribution in [2.75, 3.05) is 0 Å². The molecule has 0 aromatic heterocycles. The largest absolute Gasteiger partial charge is 0.476 e. The van der Waals surface area contributed by atoms with Crippen LogP contribution in [0.4, 0.5) is 0 Å². The topological polar surface area (TPSA) is 76.0 Å². The van der Waals surface area contributed by atoms with E-state index in [1.807, 2.05) is 0 Å². The zero-order chi connectivity index (χ0) is 12.1. The molecule has 5 nitrogen and oxygen atoms in total. The van der Waals surface area contributed by atoms with Crippen molar-refractivity contribution in [2.24, 2.45) is 5.16 Å². The summed E-state index contributed by atoms with van der Waals surface area (Å²) in [5.74, 6) is -1.97. The van der Waals surface area contributed by atoms with Gasteiger partial charge in [-0.25, -0.2) is 4.79 Å². The molecule has 16 heavy (non-hydrogen) atoms. The van der Waals surface area contributed by atoms with Crippen molar-refractivity contribution in [1.29, 1.82) is 0 Å². The first-order valence-electron chi connectivity index (χ1n) is 5.12. The number of hydrogen-bond donors (Lipinski definition) is 1. The fourth-order valence-corrected chi connectivity index (χ4v) is 1.76. The molecule has 1 aliphatic carbocycles. The molecule has 0 aromatic carbocycles. The number of ketones is 1. The number of aliphatic carboxylic acids is 1. The Kier molecular flexibility index (Phi) is 4.73. The molecule has 0 radical (unpaired) electrons. The van der Waals surface area contributed by atoms with Gasteiger partial charge in [-0.2, -0.15) is 0 Å². The average molecular weight is 248 g/mol. The van der Waals surface area contributed by atoms with Gasteiger partial charge in [-0.15, -0.1) is 11.6 Å². The standard InChI is InChI=1S/C10H14ClNO4/c1-6(13)9(10(14)15)12-16-8-4-2-7(11)3-5-8/h7-8H,2-5H2,1H3,(H,14,15)/b12-9-/t7-,8-. The Morgan fingerprint density at radius 2 is 1.88 bits per heavy atom. The molecule has 0 saturated heterocycles. The number of carboxylic acid groups (broad SMARTS) is 1. The van der Waals surface area contributed by atoms with Crippen molar-refractivity contribution in [3.8, 4) is 0 Å². The van der Waals surface area contributed by atoms with Gasteiger partial charge in [-0.05, 0) is 25.7 Å². The Morgan fingerprint density at radius 3 is 2.31 bits per heavy atom. The van der Waals surface area contributed by atoms with Gasteiger partial charge in [0.1, 0.15) is 6.10 Å². The van der Waals surface area contributed by atoms with E-state index >= 15 is 0 Å². The lowest BCUT2D eigenvalue weighted by Gasteiger charge is -2.22. The predicted molar refractivity (Wildman–Crippen MR) is 58.7 cm³/mol. The van der Waals surface area contributed by atoms with Crippen molar-refractivity contribution in [2.45, 2.75) is 44.1 Å². The summed E-state index contributed by atoms with van der Waals surface area (Å²) in [5.41, 5.74) is -0.562. The molecule has 6 heteroatoms. The third-order valence-electron chi connectivity index (χ3n) is 2.43. The maximum absolute atomic E-state index is 10.9. The highest BCUT2D eigenvalue weighted by atomic mass is 35.5. The molecule has 90 valence electrons. The summed E-state index contributed by atoms with van der Waals surface area (Å²) in [7, 11) is 0. The molecule has 0 bridgehead atoms. The van der Waals surface area contributed by atoms with E-state index in [1.165, 1.54) is 0 Å². The number of carbonyl (C=O) groups is 2. The highest BCUT2D eigenvalue weighted by molar-refractivity contribution is 6.63. The number of alkyl halides is 1. The van der Waals surface area contributed by atoms with E-state index in [9.17, 15) is 9.59 Å². The van der Waals surface area contributed by atoms with E-state index in [-0.39, 0.29) is 11.5 Å². The Labute approximate surface area is 98.4 Å². The fraction of sp³-hybridized carbons (Fsp3) is 0.700. The van der Waals surface area contributed by atoms with E-state index < -0.39 is 17.5 Å². The smallest absolute Gasteiger partial charge is 0.361 e. The van der Waals surface area contributed by atoms with Crippen LogP contribution in [0.1, 0.15) is 32.6 Å². The minimum Gasteiger partial charge on any atom is -0.476 e. The summed E-state index contributed by atoms with van der Waals surface area (Å²) in [6, 6.07) is 0. The fourth-order valence-electron chi connectivity index (χ4n) is 1.51.